The van der Waals surface area contributed by atoms with Crippen LogP contribution in [0.3, 0.4) is 0 Å². The first-order chi connectivity index (χ1) is 10.6. The van der Waals surface area contributed by atoms with E-state index in [4.69, 9.17) is 16.3 Å². The van der Waals surface area contributed by atoms with E-state index in [1.165, 1.54) is 4.68 Å². The summed E-state index contributed by atoms with van der Waals surface area (Å²) in [6.45, 7) is 0.507. The molecule has 114 valence electrons. The van der Waals surface area contributed by atoms with Crippen molar-refractivity contribution in [1.29, 1.82) is 0 Å². The second kappa shape index (κ2) is 6.32. The number of nitrogens with zero attached hydrogens (tertiary/aromatic N) is 5. The molecule has 0 spiro atoms. The third-order valence-electron chi connectivity index (χ3n) is 2.88. The molecule has 0 N–H and O–H groups in total. The Balaban J connectivity index is 1.70. The molecule has 0 saturated carbocycles. The van der Waals surface area contributed by atoms with Gasteiger partial charge >= 0.3 is 6.09 Å². The number of aromatic nitrogens is 4. The number of ether oxygens (including phenoxy) is 1. The van der Waals surface area contributed by atoms with Gasteiger partial charge in [-0.15, -0.1) is 5.10 Å². The van der Waals surface area contributed by atoms with Crippen molar-refractivity contribution in [3.63, 3.8) is 0 Å². The molecular weight excluding hydrogens is 330 g/mol. The van der Waals surface area contributed by atoms with E-state index >= 15 is 0 Å². The zero-order valence-corrected chi connectivity index (χ0v) is 12.8. The highest BCUT2D eigenvalue weighted by atomic mass is 35.5. The van der Waals surface area contributed by atoms with Crippen LogP contribution in [0, 0.1) is 0 Å². The molecule has 1 aromatic heterocycles. The van der Waals surface area contributed by atoms with Crippen LogP contribution in [0.25, 0.3) is 5.69 Å². The van der Waals surface area contributed by atoms with Crippen LogP contribution >= 0.6 is 23.4 Å². The van der Waals surface area contributed by atoms with Gasteiger partial charge in [-0.25, -0.2) is 9.69 Å². The van der Waals surface area contributed by atoms with Gasteiger partial charge in [0.2, 0.25) is 11.1 Å². The van der Waals surface area contributed by atoms with Gasteiger partial charge < -0.3 is 4.74 Å². The molecule has 8 nitrogen and oxygen atoms in total. The van der Waals surface area contributed by atoms with Crippen LogP contribution in [0.2, 0.25) is 5.02 Å². The van der Waals surface area contributed by atoms with Crippen molar-refractivity contribution in [2.75, 3.05) is 18.9 Å². The van der Waals surface area contributed by atoms with Gasteiger partial charge in [-0.05, 0) is 28.6 Å². The lowest BCUT2D eigenvalue weighted by Crippen LogP contribution is -2.33. The Kier molecular flexibility index (Phi) is 4.25. The van der Waals surface area contributed by atoms with Crippen molar-refractivity contribution >= 4 is 35.4 Å². The Morgan fingerprint density at radius 1 is 1.45 bits per heavy atom. The molecule has 1 aliphatic heterocycles. The van der Waals surface area contributed by atoms with E-state index in [-0.39, 0.29) is 24.8 Å². The van der Waals surface area contributed by atoms with Gasteiger partial charge in [0, 0.05) is 5.02 Å². The average molecular weight is 340 g/mol. The molecule has 0 aliphatic carbocycles. The lowest BCUT2D eigenvalue weighted by atomic mass is 10.3. The van der Waals surface area contributed by atoms with Crippen molar-refractivity contribution in [2.24, 2.45) is 0 Å². The number of carbonyl (C=O) groups is 2. The maximum absolute atomic E-state index is 12.0. The van der Waals surface area contributed by atoms with Gasteiger partial charge in [0.1, 0.15) is 6.61 Å². The summed E-state index contributed by atoms with van der Waals surface area (Å²) in [6, 6.07) is 7.03. The number of cyclic esters (lactones) is 1. The third-order valence-corrected chi connectivity index (χ3v) is 4.02. The molecule has 2 amide bonds. The number of thioether (sulfide) groups is 1. The monoisotopic (exact) mass is 339 g/mol. The Morgan fingerprint density at radius 3 is 3.05 bits per heavy atom. The number of rotatable bonds is 4. The second-order valence-electron chi connectivity index (χ2n) is 4.30. The molecule has 1 fully saturated rings. The van der Waals surface area contributed by atoms with E-state index in [0.29, 0.717) is 15.9 Å². The number of imide groups is 1. The molecule has 0 unspecified atom stereocenters. The predicted molar refractivity (Wildman–Crippen MR) is 77.9 cm³/mol. The fourth-order valence-corrected chi connectivity index (χ4v) is 2.81. The van der Waals surface area contributed by atoms with Crippen LogP contribution in [0.4, 0.5) is 4.79 Å². The minimum atomic E-state index is -0.611. The van der Waals surface area contributed by atoms with Crippen LogP contribution < -0.4 is 0 Å². The van der Waals surface area contributed by atoms with E-state index in [1.807, 2.05) is 0 Å². The Hall–Kier alpha value is -2.13. The number of halogens is 1. The number of hydrogen-bond acceptors (Lipinski definition) is 7. The summed E-state index contributed by atoms with van der Waals surface area (Å²) in [5.74, 6) is -0.302. The minimum Gasteiger partial charge on any atom is -0.447 e. The van der Waals surface area contributed by atoms with Crippen LogP contribution in [0.1, 0.15) is 0 Å². The quantitative estimate of drug-likeness (QED) is 0.777. The van der Waals surface area contributed by atoms with Gasteiger partial charge in [-0.1, -0.05) is 29.4 Å². The summed E-state index contributed by atoms with van der Waals surface area (Å²) in [7, 11) is 0. The second-order valence-corrected chi connectivity index (χ2v) is 5.68. The fourth-order valence-electron chi connectivity index (χ4n) is 1.86. The maximum atomic E-state index is 12.0. The van der Waals surface area contributed by atoms with E-state index in [9.17, 15) is 9.59 Å². The summed E-state index contributed by atoms with van der Waals surface area (Å²) < 4.78 is 6.20. The van der Waals surface area contributed by atoms with Crippen molar-refractivity contribution < 1.29 is 14.3 Å². The number of amides is 2. The van der Waals surface area contributed by atoms with E-state index < -0.39 is 6.09 Å². The predicted octanol–water partition coefficient (Wildman–Crippen LogP) is 1.39. The van der Waals surface area contributed by atoms with Crippen LogP contribution in [-0.2, 0) is 9.53 Å². The Labute approximate surface area is 134 Å². The standard InChI is InChI=1S/C12H10ClN5O3S/c13-8-2-1-3-9(6-8)18-11(14-15-16-18)22-7-10(19)17-4-5-21-12(17)20/h1-3,6H,4-5,7H2. The molecule has 22 heavy (non-hydrogen) atoms. The van der Waals surface area contributed by atoms with Crippen LogP contribution in [0.15, 0.2) is 29.4 Å². The Morgan fingerprint density at radius 2 is 2.32 bits per heavy atom. The summed E-state index contributed by atoms with van der Waals surface area (Å²) in [6.07, 6.45) is -0.611. The number of tetrazole rings is 1. The van der Waals surface area contributed by atoms with Crippen molar-refractivity contribution in [3.8, 4) is 5.69 Å². The molecule has 0 radical (unpaired) electrons. The zero-order valence-electron chi connectivity index (χ0n) is 11.2. The highest BCUT2D eigenvalue weighted by Crippen LogP contribution is 2.21. The lowest BCUT2D eigenvalue weighted by Gasteiger charge is -2.09. The summed E-state index contributed by atoms with van der Waals surface area (Å²) >= 11 is 7.08. The number of benzene rings is 1. The maximum Gasteiger partial charge on any atom is 0.416 e. The van der Waals surface area contributed by atoms with Crippen molar-refractivity contribution in [3.05, 3.63) is 29.3 Å². The lowest BCUT2D eigenvalue weighted by molar-refractivity contribution is -0.125. The number of hydrogen-bond donors (Lipinski definition) is 0. The topological polar surface area (TPSA) is 90.2 Å². The van der Waals surface area contributed by atoms with Crippen LogP contribution in [-0.4, -0.2) is 56.0 Å². The molecule has 10 heteroatoms. The van der Waals surface area contributed by atoms with Gasteiger partial charge in [0.25, 0.3) is 0 Å². The van der Waals surface area contributed by atoms with E-state index in [1.54, 1.807) is 24.3 Å². The number of carbonyl (C=O) groups excluding carboxylic acids is 2. The van der Waals surface area contributed by atoms with Gasteiger partial charge in [-0.3, -0.25) is 4.79 Å². The smallest absolute Gasteiger partial charge is 0.416 e. The fraction of sp³-hybridized carbons (Fsp3) is 0.250. The largest absolute Gasteiger partial charge is 0.447 e. The summed E-state index contributed by atoms with van der Waals surface area (Å²) in [5, 5.41) is 12.3. The highest BCUT2D eigenvalue weighted by Gasteiger charge is 2.28. The van der Waals surface area contributed by atoms with E-state index in [2.05, 4.69) is 15.5 Å². The van der Waals surface area contributed by atoms with Crippen molar-refractivity contribution in [2.45, 2.75) is 5.16 Å². The molecule has 0 atom stereocenters. The molecule has 2 heterocycles. The van der Waals surface area contributed by atoms with Gasteiger partial charge in [-0.2, -0.15) is 4.68 Å². The molecule has 2 aromatic rings. The van der Waals surface area contributed by atoms with E-state index in [0.717, 1.165) is 16.7 Å². The normalized spacial score (nSPS) is 14.2. The molecule has 0 bridgehead atoms. The molecular formula is C12H10ClN5O3S. The Bertz CT molecular complexity index is 722. The molecule has 1 aliphatic rings. The molecule has 1 aromatic carbocycles. The van der Waals surface area contributed by atoms with Gasteiger partial charge in [0.05, 0.1) is 18.0 Å². The van der Waals surface area contributed by atoms with Crippen LogP contribution in [0.5, 0.6) is 0 Å². The zero-order chi connectivity index (χ0) is 15.5. The molecule has 1 saturated heterocycles. The van der Waals surface area contributed by atoms with Crippen molar-refractivity contribution in [1.82, 2.24) is 25.1 Å². The summed E-state index contributed by atoms with van der Waals surface area (Å²) in [4.78, 5) is 24.3. The van der Waals surface area contributed by atoms with Gasteiger partial charge in [0.15, 0.2) is 0 Å². The minimum absolute atomic E-state index is 0.0377. The first kappa shape index (κ1) is 14.8. The summed E-state index contributed by atoms with van der Waals surface area (Å²) in [5.41, 5.74) is 0.688. The third kappa shape index (κ3) is 3.04. The first-order valence-electron chi connectivity index (χ1n) is 6.29. The first-order valence-corrected chi connectivity index (χ1v) is 7.66. The highest BCUT2D eigenvalue weighted by molar-refractivity contribution is 7.99. The molecule has 3 rings (SSSR count). The average Bonchev–Trinajstić information content (AvgIpc) is 3.13. The SMILES string of the molecule is O=C(CSc1nnnn1-c1cccc(Cl)c1)N1CCOC1=O.